The molecule has 6 nitrogen and oxygen atoms in total. The second-order valence-corrected chi connectivity index (χ2v) is 8.42. The summed E-state index contributed by atoms with van der Waals surface area (Å²) >= 11 is 1.25. The van der Waals surface area contributed by atoms with Crippen LogP contribution >= 0.6 is 11.3 Å². The van der Waals surface area contributed by atoms with E-state index < -0.39 is 16.1 Å². The average molecular weight is 385 g/mol. The van der Waals surface area contributed by atoms with Crippen LogP contribution in [0.4, 0.5) is 5.69 Å². The molecular formula is C18H15N3O3S2. The maximum atomic E-state index is 12.6. The van der Waals surface area contributed by atoms with E-state index in [-0.39, 0.29) is 6.54 Å². The molecule has 0 radical (unpaired) electrons. The first-order valence-electron chi connectivity index (χ1n) is 7.63. The summed E-state index contributed by atoms with van der Waals surface area (Å²) in [5.41, 5.74) is 2.25. The molecule has 1 aromatic carbocycles. The van der Waals surface area contributed by atoms with Crippen LogP contribution < -0.4 is 9.03 Å². The second-order valence-electron chi connectivity index (χ2n) is 5.60. The molecule has 0 fully saturated rings. The van der Waals surface area contributed by atoms with Gasteiger partial charge in [0.1, 0.15) is 4.88 Å². The van der Waals surface area contributed by atoms with E-state index in [1.54, 1.807) is 42.5 Å². The molecule has 0 bridgehead atoms. The highest BCUT2D eigenvalue weighted by Crippen LogP contribution is 2.41. The first-order chi connectivity index (χ1) is 12.4. The number of anilines is 1. The third-order valence-electron chi connectivity index (χ3n) is 3.88. The summed E-state index contributed by atoms with van der Waals surface area (Å²) in [6.45, 7) is 5.51. The zero-order valence-corrected chi connectivity index (χ0v) is 15.5. The second kappa shape index (κ2) is 6.78. The molecule has 3 rings (SSSR count). The van der Waals surface area contributed by atoms with Crippen molar-refractivity contribution in [1.29, 1.82) is 5.26 Å². The lowest BCUT2D eigenvalue weighted by atomic mass is 10.1. The van der Waals surface area contributed by atoms with Crippen molar-refractivity contribution in [2.75, 3.05) is 4.31 Å². The van der Waals surface area contributed by atoms with Crippen LogP contribution in [0.1, 0.15) is 31.2 Å². The fourth-order valence-corrected chi connectivity index (χ4v) is 5.02. The molecule has 1 aliphatic rings. The maximum absolute atomic E-state index is 12.6. The number of rotatable bonds is 4. The van der Waals surface area contributed by atoms with E-state index in [0.717, 1.165) is 4.88 Å². The Hall–Kier alpha value is -2.89. The van der Waals surface area contributed by atoms with Gasteiger partial charge >= 0.3 is 10.2 Å². The average Bonchev–Trinajstić information content (AvgIpc) is 2.93. The largest absolute Gasteiger partial charge is 0.326 e. The molecule has 0 aliphatic carbocycles. The summed E-state index contributed by atoms with van der Waals surface area (Å²) in [6.07, 6.45) is 5.04. The summed E-state index contributed by atoms with van der Waals surface area (Å²) in [4.78, 5) is 13.4. The molecule has 1 aromatic heterocycles. The van der Waals surface area contributed by atoms with E-state index in [2.05, 4.69) is 11.3 Å². The van der Waals surface area contributed by atoms with Crippen LogP contribution in [0, 0.1) is 18.3 Å². The molecule has 1 amide bonds. The number of thiophene rings is 1. The van der Waals surface area contributed by atoms with E-state index in [0.29, 0.717) is 27.3 Å². The number of benzene rings is 1. The number of nitrogens with one attached hydrogen (secondary N) is 1. The van der Waals surface area contributed by atoms with E-state index in [4.69, 9.17) is 5.26 Å². The standard InChI is InChI=1S/C18H15N3O3S2/c1-3-4-5-15-12(2)25-17-16(15)21(26(23,24)20-18(17)22)11-14-8-6-13(10-19)7-9-14/h3-9H,1,11H2,2H3,(H,20,22)/b5-4-. The molecule has 0 unspecified atom stereocenters. The number of hydrogen-bond acceptors (Lipinski definition) is 5. The van der Waals surface area contributed by atoms with Crippen molar-refractivity contribution in [3.63, 3.8) is 0 Å². The van der Waals surface area contributed by atoms with Crippen molar-refractivity contribution in [3.05, 3.63) is 69.4 Å². The first kappa shape index (κ1) is 17.9. The molecular weight excluding hydrogens is 370 g/mol. The van der Waals surface area contributed by atoms with Crippen molar-refractivity contribution < 1.29 is 13.2 Å². The van der Waals surface area contributed by atoms with Crippen LogP contribution in [-0.4, -0.2) is 14.3 Å². The van der Waals surface area contributed by atoms with Crippen LogP contribution in [0.3, 0.4) is 0 Å². The SMILES string of the molecule is C=C/C=C\c1c(C)sc2c1N(Cc1ccc(C#N)cc1)S(=O)(=O)NC2=O. The third-order valence-corrected chi connectivity index (χ3v) is 6.32. The number of nitriles is 1. The van der Waals surface area contributed by atoms with Crippen LogP contribution in [0.25, 0.3) is 6.08 Å². The van der Waals surface area contributed by atoms with Gasteiger partial charge in [-0.3, -0.25) is 4.79 Å². The highest BCUT2D eigenvalue weighted by atomic mass is 32.2. The molecule has 0 saturated heterocycles. The third kappa shape index (κ3) is 3.14. The van der Waals surface area contributed by atoms with Gasteiger partial charge in [0.2, 0.25) is 0 Å². The maximum Gasteiger partial charge on any atom is 0.326 e. The lowest BCUT2D eigenvalue weighted by molar-refractivity contribution is 0.0983. The van der Waals surface area contributed by atoms with E-state index in [1.165, 1.54) is 15.6 Å². The van der Waals surface area contributed by atoms with Gasteiger partial charge < -0.3 is 0 Å². The van der Waals surface area contributed by atoms with E-state index in [9.17, 15) is 13.2 Å². The molecule has 0 saturated carbocycles. The Bertz CT molecular complexity index is 1060. The summed E-state index contributed by atoms with van der Waals surface area (Å²) in [5, 5.41) is 8.90. The molecule has 2 heterocycles. The van der Waals surface area contributed by atoms with Crippen LogP contribution in [0.2, 0.25) is 0 Å². The summed E-state index contributed by atoms with van der Waals surface area (Å²) in [6, 6.07) is 8.68. The number of hydrogen-bond donors (Lipinski definition) is 1. The minimum absolute atomic E-state index is 0.0480. The fraction of sp³-hybridized carbons (Fsp3) is 0.111. The normalized spacial score (nSPS) is 15.4. The summed E-state index contributed by atoms with van der Waals surface area (Å²) in [5.74, 6) is -0.623. The fourth-order valence-electron chi connectivity index (χ4n) is 2.66. The number of nitrogens with zero attached hydrogens (tertiary/aromatic N) is 2. The Balaban J connectivity index is 2.13. The monoisotopic (exact) mass is 385 g/mol. The van der Waals surface area contributed by atoms with E-state index >= 15 is 0 Å². The Morgan fingerprint density at radius 1 is 1.35 bits per heavy atom. The van der Waals surface area contributed by atoms with E-state index in [1.807, 2.05) is 13.0 Å². The van der Waals surface area contributed by atoms with Crippen molar-refractivity contribution in [3.8, 4) is 6.07 Å². The van der Waals surface area contributed by atoms with Gasteiger partial charge in [-0.2, -0.15) is 13.7 Å². The Morgan fingerprint density at radius 2 is 2.04 bits per heavy atom. The van der Waals surface area contributed by atoms with Gasteiger partial charge in [-0.25, -0.2) is 9.03 Å². The van der Waals surface area contributed by atoms with Gasteiger partial charge in [-0.15, -0.1) is 11.3 Å². The highest BCUT2D eigenvalue weighted by Gasteiger charge is 2.38. The number of fused-ring (bicyclic) bond motifs is 1. The minimum Gasteiger partial charge on any atom is -0.267 e. The van der Waals surface area contributed by atoms with Gasteiger partial charge in [0.25, 0.3) is 5.91 Å². The topological polar surface area (TPSA) is 90.3 Å². The molecule has 1 aliphatic heterocycles. The van der Waals surface area contributed by atoms with Gasteiger partial charge in [0.15, 0.2) is 0 Å². The number of aryl methyl sites for hydroxylation is 1. The van der Waals surface area contributed by atoms with Gasteiger partial charge in [0.05, 0.1) is 23.9 Å². The summed E-state index contributed by atoms with van der Waals surface area (Å²) in [7, 11) is -4.02. The first-order valence-corrected chi connectivity index (χ1v) is 9.89. The van der Waals surface area contributed by atoms with Gasteiger partial charge in [0, 0.05) is 10.4 Å². The quantitative estimate of drug-likeness (QED) is 0.819. The molecule has 2 aromatic rings. The number of carbonyl (C=O) groups is 1. The number of amides is 1. The van der Waals surface area contributed by atoms with Gasteiger partial charge in [-0.1, -0.05) is 36.9 Å². The number of carbonyl (C=O) groups excluding carboxylic acids is 1. The highest BCUT2D eigenvalue weighted by molar-refractivity contribution is 7.91. The Kier molecular flexibility index (Phi) is 4.68. The van der Waals surface area contributed by atoms with Crippen LogP contribution in [0.5, 0.6) is 0 Å². The molecule has 8 heteroatoms. The molecule has 26 heavy (non-hydrogen) atoms. The Morgan fingerprint density at radius 3 is 2.65 bits per heavy atom. The zero-order chi connectivity index (χ0) is 18.9. The molecule has 0 spiro atoms. The van der Waals surface area contributed by atoms with Crippen molar-refractivity contribution in [2.24, 2.45) is 0 Å². The molecule has 132 valence electrons. The zero-order valence-electron chi connectivity index (χ0n) is 13.9. The van der Waals surface area contributed by atoms with Crippen LogP contribution in [-0.2, 0) is 16.8 Å². The molecule has 0 atom stereocenters. The smallest absolute Gasteiger partial charge is 0.267 e. The minimum atomic E-state index is -4.02. The lowest BCUT2D eigenvalue weighted by Crippen LogP contribution is -2.47. The Labute approximate surface area is 155 Å². The lowest BCUT2D eigenvalue weighted by Gasteiger charge is -2.29. The van der Waals surface area contributed by atoms with Crippen LogP contribution in [0.15, 0.2) is 43.0 Å². The van der Waals surface area contributed by atoms with Crippen molar-refractivity contribution >= 4 is 39.2 Å². The number of allylic oxidation sites excluding steroid dienone is 2. The van der Waals surface area contributed by atoms with Crippen molar-refractivity contribution in [2.45, 2.75) is 13.5 Å². The predicted octanol–water partition coefficient (Wildman–Crippen LogP) is 3.12. The van der Waals surface area contributed by atoms with Gasteiger partial charge in [-0.05, 0) is 24.6 Å². The predicted molar refractivity (Wildman–Crippen MR) is 102 cm³/mol. The summed E-state index contributed by atoms with van der Waals surface area (Å²) < 4.78 is 28.5. The molecule has 1 N–H and O–H groups in total. The van der Waals surface area contributed by atoms with Crippen molar-refractivity contribution in [1.82, 2.24) is 4.72 Å².